The van der Waals surface area contributed by atoms with Crippen molar-refractivity contribution in [2.45, 2.75) is 33.4 Å². The smallest absolute Gasteiger partial charge is 0.359 e. The predicted octanol–water partition coefficient (Wildman–Crippen LogP) is 0.411. The maximum Gasteiger partial charge on any atom is 0.359 e. The molecular weight excluding hydrogens is 210 g/mol. The van der Waals surface area contributed by atoms with E-state index in [9.17, 15) is 9.59 Å². The van der Waals surface area contributed by atoms with Crippen molar-refractivity contribution < 1.29 is 9.53 Å². The summed E-state index contributed by atoms with van der Waals surface area (Å²) in [6, 6.07) is 1.24. The van der Waals surface area contributed by atoms with E-state index in [1.165, 1.54) is 6.07 Å². The molecule has 0 bridgehead atoms. The molecule has 0 saturated carbocycles. The van der Waals surface area contributed by atoms with Gasteiger partial charge in [0.1, 0.15) is 5.69 Å². The van der Waals surface area contributed by atoms with Crippen LogP contribution in [0.3, 0.4) is 0 Å². The molecule has 1 heterocycles. The molecule has 0 saturated heterocycles. The lowest BCUT2D eigenvalue weighted by Gasteiger charge is -2.09. The largest absolute Gasteiger partial charge is 0.458 e. The van der Waals surface area contributed by atoms with E-state index in [4.69, 9.17) is 10.5 Å². The molecule has 6 nitrogen and oxygen atoms in total. The lowest BCUT2D eigenvalue weighted by atomic mass is 10.3. The molecule has 0 unspecified atom stereocenters. The molecule has 2 N–H and O–H groups in total. The van der Waals surface area contributed by atoms with E-state index in [2.05, 4.69) is 5.10 Å². The number of carbonyl (C=O) groups excluding carboxylic acids is 1. The molecule has 0 aliphatic carbocycles. The van der Waals surface area contributed by atoms with Crippen LogP contribution in [0, 0.1) is 0 Å². The van der Waals surface area contributed by atoms with Gasteiger partial charge in [0.05, 0.1) is 6.10 Å². The van der Waals surface area contributed by atoms with Crippen LogP contribution in [-0.4, -0.2) is 21.9 Å². The number of hydrogen-bond donors (Lipinski definition) is 1. The average molecular weight is 225 g/mol. The minimum atomic E-state index is -0.580. The maximum absolute atomic E-state index is 11.5. The van der Waals surface area contributed by atoms with Crippen LogP contribution in [0.25, 0.3) is 0 Å². The molecule has 0 aromatic carbocycles. The molecule has 1 aromatic rings. The van der Waals surface area contributed by atoms with Crippen LogP contribution in [0.5, 0.6) is 0 Å². The first kappa shape index (κ1) is 12.2. The molecule has 0 atom stereocenters. The molecule has 0 amide bonds. The number of carbonyl (C=O) groups is 1. The van der Waals surface area contributed by atoms with Crippen LogP contribution in [0.4, 0.5) is 5.69 Å². The Morgan fingerprint density at radius 2 is 2.25 bits per heavy atom. The molecular formula is C10H15N3O3. The van der Waals surface area contributed by atoms with Crippen molar-refractivity contribution >= 4 is 11.7 Å². The van der Waals surface area contributed by atoms with Gasteiger partial charge in [0.2, 0.25) is 0 Å². The van der Waals surface area contributed by atoms with Crippen LogP contribution in [0.1, 0.15) is 31.3 Å². The first-order valence-corrected chi connectivity index (χ1v) is 5.04. The molecule has 0 radical (unpaired) electrons. The van der Waals surface area contributed by atoms with Gasteiger partial charge in [0.15, 0.2) is 5.69 Å². The zero-order valence-corrected chi connectivity index (χ0v) is 9.56. The summed E-state index contributed by atoms with van der Waals surface area (Å²) in [7, 11) is 0. The topological polar surface area (TPSA) is 87.2 Å². The van der Waals surface area contributed by atoms with Gasteiger partial charge in [-0.25, -0.2) is 9.48 Å². The Labute approximate surface area is 93.0 Å². The van der Waals surface area contributed by atoms with Crippen LogP contribution < -0.4 is 11.3 Å². The predicted molar refractivity (Wildman–Crippen MR) is 59.1 cm³/mol. The van der Waals surface area contributed by atoms with Crippen LogP contribution >= 0.6 is 0 Å². The Morgan fingerprint density at radius 3 is 2.75 bits per heavy atom. The second-order valence-electron chi connectivity index (χ2n) is 3.56. The quantitative estimate of drug-likeness (QED) is 0.753. The first-order valence-electron chi connectivity index (χ1n) is 5.04. The Hall–Kier alpha value is -1.85. The number of rotatable bonds is 3. The zero-order chi connectivity index (χ0) is 12.3. The standard InChI is InChI=1S/C10H15N3O3/c1-4-13-9(14)7(11)5-8(12-13)10(15)16-6(2)3/h5-6H,4,11H2,1-3H3. The highest BCUT2D eigenvalue weighted by Crippen LogP contribution is 2.02. The van der Waals surface area contributed by atoms with Crippen molar-refractivity contribution in [3.05, 3.63) is 22.1 Å². The fraction of sp³-hybridized carbons (Fsp3) is 0.500. The number of nitrogens with zero attached hydrogens (tertiary/aromatic N) is 2. The summed E-state index contributed by atoms with van der Waals surface area (Å²) in [4.78, 5) is 23.0. The lowest BCUT2D eigenvalue weighted by Crippen LogP contribution is -2.27. The third-order valence-electron chi connectivity index (χ3n) is 1.85. The van der Waals surface area contributed by atoms with Gasteiger partial charge in [-0.1, -0.05) is 0 Å². The van der Waals surface area contributed by atoms with Gasteiger partial charge in [0.25, 0.3) is 5.56 Å². The van der Waals surface area contributed by atoms with E-state index in [1.807, 2.05) is 0 Å². The third-order valence-corrected chi connectivity index (χ3v) is 1.85. The highest BCUT2D eigenvalue weighted by Gasteiger charge is 2.14. The summed E-state index contributed by atoms with van der Waals surface area (Å²) in [5, 5.41) is 3.85. The highest BCUT2D eigenvalue weighted by atomic mass is 16.5. The number of aromatic nitrogens is 2. The van der Waals surface area contributed by atoms with E-state index in [0.29, 0.717) is 6.54 Å². The van der Waals surface area contributed by atoms with Gasteiger partial charge in [0, 0.05) is 12.6 Å². The molecule has 0 aliphatic heterocycles. The van der Waals surface area contributed by atoms with Gasteiger partial charge in [-0.3, -0.25) is 4.79 Å². The number of anilines is 1. The summed E-state index contributed by atoms with van der Waals surface area (Å²) in [6.45, 7) is 5.56. The fourth-order valence-corrected chi connectivity index (χ4v) is 1.15. The SMILES string of the molecule is CCn1nc(C(=O)OC(C)C)cc(N)c1=O. The van der Waals surface area contributed by atoms with Crippen LogP contribution in [0.2, 0.25) is 0 Å². The fourth-order valence-electron chi connectivity index (χ4n) is 1.15. The van der Waals surface area contributed by atoms with E-state index in [-0.39, 0.29) is 17.5 Å². The number of ether oxygens (including phenoxy) is 1. The second-order valence-corrected chi connectivity index (χ2v) is 3.56. The Morgan fingerprint density at radius 1 is 1.62 bits per heavy atom. The average Bonchev–Trinajstić information content (AvgIpc) is 2.20. The number of hydrogen-bond acceptors (Lipinski definition) is 5. The number of nitrogen functional groups attached to an aromatic ring is 1. The summed E-state index contributed by atoms with van der Waals surface area (Å²) in [6.07, 6.45) is -0.238. The van der Waals surface area contributed by atoms with E-state index in [0.717, 1.165) is 4.68 Å². The van der Waals surface area contributed by atoms with Gasteiger partial charge in [-0.05, 0) is 20.8 Å². The van der Waals surface area contributed by atoms with Crippen molar-refractivity contribution in [2.24, 2.45) is 0 Å². The van der Waals surface area contributed by atoms with Crippen LogP contribution in [-0.2, 0) is 11.3 Å². The van der Waals surface area contributed by atoms with Gasteiger partial charge >= 0.3 is 5.97 Å². The second kappa shape index (κ2) is 4.78. The monoisotopic (exact) mass is 225 g/mol. The minimum absolute atomic E-state index is 0.00689. The first-order chi connectivity index (χ1) is 7.45. The Kier molecular flexibility index (Phi) is 3.65. The highest BCUT2D eigenvalue weighted by molar-refractivity contribution is 5.87. The molecule has 6 heteroatoms. The van der Waals surface area contributed by atoms with Gasteiger partial charge in [-0.15, -0.1) is 0 Å². The molecule has 88 valence electrons. The van der Waals surface area contributed by atoms with Gasteiger partial charge in [-0.2, -0.15) is 5.10 Å². The van der Waals surface area contributed by atoms with E-state index in [1.54, 1.807) is 20.8 Å². The van der Waals surface area contributed by atoms with E-state index >= 15 is 0 Å². The van der Waals surface area contributed by atoms with Crippen molar-refractivity contribution in [3.8, 4) is 0 Å². The van der Waals surface area contributed by atoms with Crippen molar-refractivity contribution in [1.29, 1.82) is 0 Å². The van der Waals surface area contributed by atoms with Crippen molar-refractivity contribution in [1.82, 2.24) is 9.78 Å². The summed E-state index contributed by atoms with van der Waals surface area (Å²) >= 11 is 0. The number of nitrogens with two attached hydrogens (primary N) is 1. The summed E-state index contributed by atoms with van der Waals surface area (Å²) < 4.78 is 6.09. The number of aryl methyl sites for hydroxylation is 1. The summed E-state index contributed by atoms with van der Waals surface area (Å²) in [5.41, 5.74) is 5.13. The maximum atomic E-state index is 11.5. The Bertz CT molecular complexity index is 451. The molecule has 16 heavy (non-hydrogen) atoms. The molecule has 0 spiro atoms. The molecule has 1 rings (SSSR count). The minimum Gasteiger partial charge on any atom is -0.458 e. The lowest BCUT2D eigenvalue weighted by molar-refractivity contribution is 0.0368. The van der Waals surface area contributed by atoms with Crippen molar-refractivity contribution in [3.63, 3.8) is 0 Å². The normalized spacial score (nSPS) is 10.5. The van der Waals surface area contributed by atoms with Crippen LogP contribution in [0.15, 0.2) is 10.9 Å². The van der Waals surface area contributed by atoms with Crippen molar-refractivity contribution in [2.75, 3.05) is 5.73 Å². The third kappa shape index (κ3) is 2.59. The summed E-state index contributed by atoms with van der Waals surface area (Å²) in [5.74, 6) is -0.580. The van der Waals surface area contributed by atoms with Gasteiger partial charge < -0.3 is 10.5 Å². The number of esters is 1. The molecule has 0 aliphatic rings. The molecule has 0 fully saturated rings. The van der Waals surface area contributed by atoms with E-state index < -0.39 is 11.5 Å². The zero-order valence-electron chi connectivity index (χ0n) is 9.56. The Balaban J connectivity index is 3.11. The molecule has 1 aromatic heterocycles.